The quantitative estimate of drug-likeness (QED) is 0.570. The maximum Gasteiger partial charge on any atom is 0.231 e. The van der Waals surface area contributed by atoms with Crippen LogP contribution in [0.1, 0.15) is 48.0 Å². The van der Waals surface area contributed by atoms with Gasteiger partial charge in [0.15, 0.2) is 5.78 Å². The van der Waals surface area contributed by atoms with Gasteiger partial charge in [0.05, 0.1) is 17.4 Å². The van der Waals surface area contributed by atoms with Crippen LogP contribution in [0.4, 0.5) is 5.69 Å². The number of halogens is 1. The van der Waals surface area contributed by atoms with Gasteiger partial charge in [-0.2, -0.15) is 0 Å². The Kier molecular flexibility index (Phi) is 6.84. The Labute approximate surface area is 152 Å². The predicted molar refractivity (Wildman–Crippen MR) is 99.3 cm³/mol. The van der Waals surface area contributed by atoms with Gasteiger partial charge >= 0.3 is 0 Å². The van der Waals surface area contributed by atoms with Crippen LogP contribution in [0.15, 0.2) is 18.2 Å². The van der Waals surface area contributed by atoms with E-state index in [0.717, 1.165) is 0 Å². The number of rotatable bonds is 6. The van der Waals surface area contributed by atoms with Gasteiger partial charge in [-0.05, 0) is 53.7 Å². The van der Waals surface area contributed by atoms with Crippen LogP contribution in [0.2, 0.25) is 0 Å². The molecule has 1 rings (SSSR count). The van der Waals surface area contributed by atoms with Gasteiger partial charge in [-0.15, -0.1) is 0 Å². The molecule has 134 valence electrons. The summed E-state index contributed by atoms with van der Waals surface area (Å²) in [5.41, 5.74) is -0.295. The van der Waals surface area contributed by atoms with Gasteiger partial charge in [-0.25, -0.2) is 0 Å². The lowest BCUT2D eigenvalue weighted by molar-refractivity contribution is -0.123. The zero-order valence-corrected chi connectivity index (χ0v) is 16.7. The fourth-order valence-corrected chi connectivity index (χ4v) is 2.06. The Hall–Kier alpha value is -1.56. The Morgan fingerprint density at radius 1 is 1.04 bits per heavy atom. The monoisotopic (exact) mass is 399 g/mol. The highest BCUT2D eigenvalue weighted by molar-refractivity contribution is 9.09. The molecular formula is C18H26BrNO4. The van der Waals surface area contributed by atoms with Crippen molar-refractivity contribution in [1.82, 2.24) is 0 Å². The SMILES string of the molecule is CC(C)(C)Oc1ccc(OC(C)(C)C)c(NC(=O)CC(=O)CBr)c1. The van der Waals surface area contributed by atoms with E-state index in [4.69, 9.17) is 9.47 Å². The number of ketones is 1. The molecule has 24 heavy (non-hydrogen) atoms. The first-order chi connectivity index (χ1) is 10.9. The minimum absolute atomic E-state index is 0.152. The van der Waals surface area contributed by atoms with Crippen LogP contribution >= 0.6 is 15.9 Å². The van der Waals surface area contributed by atoms with Gasteiger partial charge in [-0.3, -0.25) is 9.59 Å². The van der Waals surface area contributed by atoms with Crippen LogP contribution in [0.5, 0.6) is 11.5 Å². The fraction of sp³-hybridized carbons (Fsp3) is 0.556. The molecule has 0 bridgehead atoms. The second-order valence-corrected chi connectivity index (χ2v) is 8.04. The summed E-state index contributed by atoms with van der Waals surface area (Å²) >= 11 is 3.05. The number of anilines is 1. The van der Waals surface area contributed by atoms with E-state index in [2.05, 4.69) is 21.2 Å². The van der Waals surface area contributed by atoms with Gasteiger partial charge in [0.1, 0.15) is 22.7 Å². The number of ether oxygens (including phenoxy) is 2. The number of amides is 1. The van der Waals surface area contributed by atoms with Crippen LogP contribution < -0.4 is 14.8 Å². The molecule has 0 saturated heterocycles. The summed E-state index contributed by atoms with van der Waals surface area (Å²) in [6, 6.07) is 5.27. The first-order valence-corrected chi connectivity index (χ1v) is 8.91. The Morgan fingerprint density at radius 2 is 1.62 bits per heavy atom. The summed E-state index contributed by atoms with van der Waals surface area (Å²) in [5, 5.41) is 2.89. The van der Waals surface area contributed by atoms with Crippen LogP contribution in [0.25, 0.3) is 0 Å². The van der Waals surface area contributed by atoms with Crippen molar-refractivity contribution in [2.24, 2.45) is 0 Å². The highest BCUT2D eigenvalue weighted by Crippen LogP contribution is 2.33. The molecule has 1 aromatic carbocycles. The molecule has 0 aliphatic rings. The predicted octanol–water partition coefficient (Wildman–Crippen LogP) is 4.33. The molecular weight excluding hydrogens is 374 g/mol. The van der Waals surface area contributed by atoms with Gasteiger partial charge in [0.25, 0.3) is 0 Å². The van der Waals surface area contributed by atoms with E-state index in [-0.39, 0.29) is 29.0 Å². The Bertz CT molecular complexity index is 600. The molecule has 6 heteroatoms. The van der Waals surface area contributed by atoms with E-state index < -0.39 is 5.60 Å². The van der Waals surface area contributed by atoms with Gasteiger partial charge in [0.2, 0.25) is 5.91 Å². The lowest BCUT2D eigenvalue weighted by Gasteiger charge is -2.25. The number of alkyl halides is 1. The van der Waals surface area contributed by atoms with E-state index in [0.29, 0.717) is 17.2 Å². The Balaban J connectivity index is 3.07. The van der Waals surface area contributed by atoms with Gasteiger partial charge in [0, 0.05) is 6.07 Å². The normalized spacial score (nSPS) is 11.8. The number of benzene rings is 1. The maximum absolute atomic E-state index is 12.0. The average molecular weight is 400 g/mol. The third kappa shape index (κ3) is 7.81. The zero-order chi connectivity index (χ0) is 18.5. The molecule has 0 aromatic heterocycles. The van der Waals surface area contributed by atoms with E-state index in [1.54, 1.807) is 18.2 Å². The minimum Gasteiger partial charge on any atom is -0.488 e. The molecule has 0 fully saturated rings. The Morgan fingerprint density at radius 3 is 2.12 bits per heavy atom. The fourth-order valence-electron chi connectivity index (χ4n) is 1.86. The van der Waals surface area contributed by atoms with Crippen LogP contribution in [-0.2, 0) is 9.59 Å². The summed E-state index contributed by atoms with van der Waals surface area (Å²) in [6.07, 6.45) is -0.190. The first-order valence-electron chi connectivity index (χ1n) is 7.79. The zero-order valence-electron chi connectivity index (χ0n) is 15.2. The number of Topliss-reactive ketones (excluding diaryl/α,β-unsaturated/α-hetero) is 1. The molecule has 0 aliphatic carbocycles. The smallest absolute Gasteiger partial charge is 0.231 e. The summed E-state index contributed by atoms with van der Waals surface area (Å²) in [4.78, 5) is 23.5. The van der Waals surface area contributed by atoms with Crippen LogP contribution in [0, 0.1) is 0 Å². The van der Waals surface area contributed by atoms with Crippen molar-refractivity contribution in [3.05, 3.63) is 18.2 Å². The van der Waals surface area contributed by atoms with E-state index in [9.17, 15) is 9.59 Å². The number of hydrogen-bond acceptors (Lipinski definition) is 4. The highest BCUT2D eigenvalue weighted by atomic mass is 79.9. The van der Waals surface area contributed by atoms with Crippen molar-refractivity contribution >= 4 is 33.3 Å². The largest absolute Gasteiger partial charge is 0.488 e. The number of hydrogen-bond donors (Lipinski definition) is 1. The summed E-state index contributed by atoms with van der Waals surface area (Å²) in [5.74, 6) is 0.577. The number of carbonyl (C=O) groups excluding carboxylic acids is 2. The summed E-state index contributed by atoms with van der Waals surface area (Å²) in [7, 11) is 0. The molecule has 1 N–H and O–H groups in total. The maximum atomic E-state index is 12.0. The number of carbonyl (C=O) groups is 2. The van der Waals surface area contributed by atoms with Crippen molar-refractivity contribution in [2.45, 2.75) is 59.2 Å². The second-order valence-electron chi connectivity index (χ2n) is 7.48. The molecule has 1 aromatic rings. The molecule has 0 unspecified atom stereocenters. The molecule has 0 spiro atoms. The van der Waals surface area contributed by atoms with Crippen molar-refractivity contribution in [3.63, 3.8) is 0 Å². The minimum atomic E-state index is -0.419. The molecule has 0 aliphatic heterocycles. The molecule has 0 atom stereocenters. The second kappa shape index (κ2) is 8.01. The molecule has 0 radical (unpaired) electrons. The van der Waals surface area contributed by atoms with E-state index >= 15 is 0 Å². The van der Waals surface area contributed by atoms with Crippen LogP contribution in [0.3, 0.4) is 0 Å². The van der Waals surface area contributed by atoms with Crippen molar-refractivity contribution in [2.75, 3.05) is 10.6 Å². The lowest BCUT2D eigenvalue weighted by atomic mass is 10.1. The van der Waals surface area contributed by atoms with E-state index in [1.807, 2.05) is 41.5 Å². The van der Waals surface area contributed by atoms with E-state index in [1.165, 1.54) is 0 Å². The topological polar surface area (TPSA) is 64.6 Å². The molecule has 1 amide bonds. The standard InChI is InChI=1S/C18H26BrNO4/c1-17(2,3)23-13-7-8-15(24-18(4,5)6)14(10-13)20-16(22)9-12(21)11-19/h7-8,10H,9,11H2,1-6H3,(H,20,22). The average Bonchev–Trinajstić information content (AvgIpc) is 2.38. The summed E-state index contributed by atoms with van der Waals surface area (Å²) < 4.78 is 11.7. The highest BCUT2D eigenvalue weighted by Gasteiger charge is 2.19. The lowest BCUT2D eigenvalue weighted by Crippen LogP contribution is -2.25. The van der Waals surface area contributed by atoms with Gasteiger partial charge in [-0.1, -0.05) is 15.9 Å². The third-order valence-corrected chi connectivity index (χ3v) is 3.20. The molecule has 0 saturated carbocycles. The molecule has 0 heterocycles. The van der Waals surface area contributed by atoms with Crippen molar-refractivity contribution in [3.8, 4) is 11.5 Å². The molecule has 5 nitrogen and oxygen atoms in total. The van der Waals surface area contributed by atoms with Gasteiger partial charge < -0.3 is 14.8 Å². The van der Waals surface area contributed by atoms with Crippen LogP contribution in [-0.4, -0.2) is 28.2 Å². The van der Waals surface area contributed by atoms with Crippen molar-refractivity contribution in [1.29, 1.82) is 0 Å². The summed E-state index contributed by atoms with van der Waals surface area (Å²) in [6.45, 7) is 11.6. The van der Waals surface area contributed by atoms with Crippen molar-refractivity contribution < 1.29 is 19.1 Å². The third-order valence-electron chi connectivity index (χ3n) is 2.57. The first kappa shape index (κ1) is 20.5. The number of nitrogens with one attached hydrogen (secondary N) is 1.